The Morgan fingerprint density at radius 2 is 1.97 bits per heavy atom. The Hall–Kier alpha value is -3.58. The molecule has 0 aliphatic rings. The number of rotatable bonds is 5. The molecule has 0 fully saturated rings. The van der Waals surface area contributed by atoms with Crippen molar-refractivity contribution in [3.63, 3.8) is 0 Å². The first-order valence-electron chi connectivity index (χ1n) is 8.66. The van der Waals surface area contributed by atoms with Gasteiger partial charge in [0, 0.05) is 22.0 Å². The SMILES string of the molecule is COc1cccc2cc(C(=O)NCc3cc(-c4ccc(Cl)cc4)on3)c(=O)oc12. The number of aromatic nitrogens is 1. The van der Waals surface area contributed by atoms with Crippen LogP contribution in [0.15, 0.2) is 68.3 Å². The highest BCUT2D eigenvalue weighted by molar-refractivity contribution is 6.30. The third kappa shape index (κ3) is 3.86. The minimum absolute atomic E-state index is 0.0888. The number of carbonyl (C=O) groups is 1. The normalized spacial score (nSPS) is 10.8. The summed E-state index contributed by atoms with van der Waals surface area (Å²) in [4.78, 5) is 24.7. The van der Waals surface area contributed by atoms with Gasteiger partial charge in [-0.15, -0.1) is 0 Å². The van der Waals surface area contributed by atoms with E-state index in [1.165, 1.54) is 13.2 Å². The van der Waals surface area contributed by atoms with E-state index in [9.17, 15) is 9.59 Å². The predicted molar refractivity (Wildman–Crippen MR) is 107 cm³/mol. The lowest BCUT2D eigenvalue weighted by molar-refractivity contribution is 0.0946. The Balaban J connectivity index is 1.51. The van der Waals surface area contributed by atoms with Crippen LogP contribution in [-0.2, 0) is 6.54 Å². The molecule has 1 N–H and O–H groups in total. The summed E-state index contributed by atoms with van der Waals surface area (Å²) in [5.74, 6) is 0.395. The second kappa shape index (κ2) is 7.81. The number of carbonyl (C=O) groups excluding carboxylic acids is 1. The zero-order chi connectivity index (χ0) is 20.4. The highest BCUT2D eigenvalue weighted by Crippen LogP contribution is 2.25. The molecule has 0 bridgehead atoms. The van der Waals surface area contributed by atoms with E-state index >= 15 is 0 Å². The van der Waals surface area contributed by atoms with Gasteiger partial charge < -0.3 is 19.0 Å². The summed E-state index contributed by atoms with van der Waals surface area (Å²) in [7, 11) is 1.48. The van der Waals surface area contributed by atoms with E-state index in [1.807, 2.05) is 0 Å². The molecule has 0 saturated heterocycles. The van der Waals surface area contributed by atoms with E-state index in [1.54, 1.807) is 48.5 Å². The van der Waals surface area contributed by atoms with Crippen molar-refractivity contribution in [2.75, 3.05) is 7.11 Å². The molecule has 29 heavy (non-hydrogen) atoms. The van der Waals surface area contributed by atoms with Crippen molar-refractivity contribution in [2.45, 2.75) is 6.54 Å². The molecule has 4 rings (SSSR count). The van der Waals surface area contributed by atoms with Gasteiger partial charge in [0.15, 0.2) is 17.1 Å². The summed E-state index contributed by atoms with van der Waals surface area (Å²) in [5.41, 5.74) is 0.757. The van der Waals surface area contributed by atoms with Gasteiger partial charge in [-0.3, -0.25) is 4.79 Å². The van der Waals surface area contributed by atoms with Crippen LogP contribution >= 0.6 is 11.6 Å². The van der Waals surface area contributed by atoms with E-state index in [0.717, 1.165) is 5.56 Å². The van der Waals surface area contributed by atoms with Crippen molar-refractivity contribution < 1.29 is 18.5 Å². The Morgan fingerprint density at radius 3 is 2.72 bits per heavy atom. The van der Waals surface area contributed by atoms with Crippen LogP contribution in [0.5, 0.6) is 5.75 Å². The van der Waals surface area contributed by atoms with Crippen LogP contribution in [0.2, 0.25) is 5.02 Å². The second-order valence-electron chi connectivity index (χ2n) is 6.20. The van der Waals surface area contributed by atoms with Crippen molar-refractivity contribution in [2.24, 2.45) is 0 Å². The van der Waals surface area contributed by atoms with Crippen LogP contribution in [0.1, 0.15) is 16.1 Å². The maximum Gasteiger partial charge on any atom is 0.349 e. The minimum Gasteiger partial charge on any atom is -0.493 e. The smallest absolute Gasteiger partial charge is 0.349 e. The summed E-state index contributed by atoms with van der Waals surface area (Å²) in [6.45, 7) is 0.0888. The number of nitrogens with zero attached hydrogens (tertiary/aromatic N) is 1. The third-order valence-corrected chi connectivity index (χ3v) is 4.56. The monoisotopic (exact) mass is 410 g/mol. The zero-order valence-electron chi connectivity index (χ0n) is 15.3. The number of fused-ring (bicyclic) bond motifs is 1. The lowest BCUT2D eigenvalue weighted by atomic mass is 10.1. The van der Waals surface area contributed by atoms with E-state index in [0.29, 0.717) is 33.2 Å². The van der Waals surface area contributed by atoms with E-state index in [2.05, 4.69) is 10.5 Å². The number of ether oxygens (including phenoxy) is 1. The van der Waals surface area contributed by atoms with E-state index < -0.39 is 11.5 Å². The van der Waals surface area contributed by atoms with Crippen LogP contribution in [0, 0.1) is 0 Å². The summed E-state index contributed by atoms with van der Waals surface area (Å²) in [6, 6.07) is 15.4. The molecule has 0 unspecified atom stereocenters. The van der Waals surface area contributed by atoms with Crippen molar-refractivity contribution in [1.82, 2.24) is 10.5 Å². The van der Waals surface area contributed by atoms with Crippen molar-refractivity contribution in [1.29, 1.82) is 0 Å². The largest absolute Gasteiger partial charge is 0.493 e. The maximum absolute atomic E-state index is 12.5. The third-order valence-electron chi connectivity index (χ3n) is 4.31. The standard InChI is InChI=1S/C21H15ClN2O5/c1-27-17-4-2-3-13-9-16(21(26)28-19(13)17)20(25)23-11-15-10-18(29-24-15)12-5-7-14(22)8-6-12/h2-10H,11H2,1H3,(H,23,25). The molecule has 8 heteroatoms. The van der Waals surface area contributed by atoms with Gasteiger partial charge in [-0.2, -0.15) is 0 Å². The van der Waals surface area contributed by atoms with Gasteiger partial charge in [-0.25, -0.2) is 4.79 Å². The van der Waals surface area contributed by atoms with Crippen molar-refractivity contribution in [3.05, 3.63) is 81.3 Å². The van der Waals surface area contributed by atoms with Gasteiger partial charge in [0.05, 0.1) is 13.7 Å². The molecule has 2 heterocycles. The first kappa shape index (κ1) is 18.8. The molecule has 0 aliphatic heterocycles. The van der Waals surface area contributed by atoms with Crippen molar-refractivity contribution in [3.8, 4) is 17.1 Å². The molecule has 1 amide bonds. The summed E-state index contributed by atoms with van der Waals surface area (Å²) in [6.07, 6.45) is 0. The molecule has 0 spiro atoms. The number of hydrogen-bond acceptors (Lipinski definition) is 6. The van der Waals surface area contributed by atoms with Gasteiger partial charge in [-0.1, -0.05) is 28.9 Å². The zero-order valence-corrected chi connectivity index (χ0v) is 16.0. The van der Waals surface area contributed by atoms with Gasteiger partial charge in [-0.05, 0) is 36.4 Å². The molecular weight excluding hydrogens is 396 g/mol. The van der Waals surface area contributed by atoms with Crippen LogP contribution in [-0.4, -0.2) is 18.2 Å². The maximum atomic E-state index is 12.5. The first-order valence-corrected chi connectivity index (χ1v) is 9.03. The minimum atomic E-state index is -0.749. The molecule has 2 aromatic heterocycles. The molecule has 4 aromatic rings. The lowest BCUT2D eigenvalue weighted by Gasteiger charge is -2.06. The Bertz CT molecular complexity index is 1240. The summed E-state index contributed by atoms with van der Waals surface area (Å²) < 4.78 is 15.7. The van der Waals surface area contributed by atoms with E-state index in [4.69, 9.17) is 25.3 Å². The molecule has 0 aliphatic carbocycles. The molecular formula is C21H15ClN2O5. The fourth-order valence-corrected chi connectivity index (χ4v) is 2.97. The van der Waals surface area contributed by atoms with Crippen LogP contribution in [0.4, 0.5) is 0 Å². The highest BCUT2D eigenvalue weighted by atomic mass is 35.5. The summed E-state index contributed by atoms with van der Waals surface area (Å²) >= 11 is 5.88. The average Bonchev–Trinajstić information content (AvgIpc) is 3.20. The Labute approximate surface area is 169 Å². The van der Waals surface area contributed by atoms with Gasteiger partial charge in [0.1, 0.15) is 11.3 Å². The molecule has 7 nitrogen and oxygen atoms in total. The molecule has 0 radical (unpaired) electrons. The van der Waals surface area contributed by atoms with Gasteiger partial charge in [0.2, 0.25) is 0 Å². The topological polar surface area (TPSA) is 94.6 Å². The van der Waals surface area contributed by atoms with Gasteiger partial charge in [0.25, 0.3) is 5.91 Å². The second-order valence-corrected chi connectivity index (χ2v) is 6.63. The van der Waals surface area contributed by atoms with Crippen LogP contribution < -0.4 is 15.7 Å². The quantitative estimate of drug-likeness (QED) is 0.499. The van der Waals surface area contributed by atoms with E-state index in [-0.39, 0.29) is 12.1 Å². The molecule has 2 aromatic carbocycles. The number of benzene rings is 2. The molecule has 0 atom stereocenters. The number of para-hydroxylation sites is 1. The lowest BCUT2D eigenvalue weighted by Crippen LogP contribution is -2.28. The molecule has 146 valence electrons. The fraction of sp³-hybridized carbons (Fsp3) is 0.0952. The number of amides is 1. The Kier molecular flexibility index (Phi) is 5.05. The fourth-order valence-electron chi connectivity index (χ4n) is 2.85. The predicted octanol–water partition coefficient (Wildman–Crippen LogP) is 4.04. The number of hydrogen-bond donors (Lipinski definition) is 1. The Morgan fingerprint density at radius 1 is 1.17 bits per heavy atom. The van der Waals surface area contributed by atoms with Gasteiger partial charge >= 0.3 is 5.63 Å². The molecule has 0 saturated carbocycles. The number of methoxy groups -OCH3 is 1. The van der Waals surface area contributed by atoms with Crippen LogP contribution in [0.25, 0.3) is 22.3 Å². The average molecular weight is 411 g/mol. The number of halogens is 1. The van der Waals surface area contributed by atoms with Crippen molar-refractivity contribution >= 4 is 28.5 Å². The highest BCUT2D eigenvalue weighted by Gasteiger charge is 2.16. The van der Waals surface area contributed by atoms with Crippen LogP contribution in [0.3, 0.4) is 0 Å². The number of nitrogens with one attached hydrogen (secondary N) is 1. The first-order chi connectivity index (χ1) is 14.0. The summed E-state index contributed by atoms with van der Waals surface area (Å²) in [5, 5.41) is 7.79.